The minimum atomic E-state index is -0.450. The van der Waals surface area contributed by atoms with Crippen LogP contribution in [0.25, 0.3) is 16.8 Å². The number of pyridine rings is 1. The molecule has 2 aromatic carbocycles. The van der Waals surface area contributed by atoms with Gasteiger partial charge in [-0.25, -0.2) is 9.37 Å². The van der Waals surface area contributed by atoms with E-state index in [9.17, 15) is 9.18 Å². The average Bonchev–Trinajstić information content (AvgIpc) is 3.09. The quantitative estimate of drug-likeness (QED) is 0.545. The number of benzene rings is 2. The zero-order valence-electron chi connectivity index (χ0n) is 15.7. The SMILES string of the molecule is COc1cccc(F)c1-c1cccn2c(N)c(C(=O)NCc3ccccc3)nc12. The van der Waals surface area contributed by atoms with Gasteiger partial charge in [0.1, 0.15) is 23.0 Å². The number of nitrogens with zero attached hydrogens (tertiary/aromatic N) is 2. The highest BCUT2D eigenvalue weighted by atomic mass is 19.1. The fourth-order valence-electron chi connectivity index (χ4n) is 3.25. The normalized spacial score (nSPS) is 10.8. The number of carbonyl (C=O) groups is 1. The Morgan fingerprint density at radius 2 is 1.93 bits per heavy atom. The molecule has 3 N–H and O–H groups in total. The molecule has 0 atom stereocenters. The number of nitrogens with one attached hydrogen (secondary N) is 1. The van der Waals surface area contributed by atoms with Gasteiger partial charge >= 0.3 is 0 Å². The first-order valence-electron chi connectivity index (χ1n) is 9.01. The third-order valence-corrected chi connectivity index (χ3v) is 4.66. The maximum atomic E-state index is 14.6. The molecule has 146 valence electrons. The van der Waals surface area contributed by atoms with Crippen molar-refractivity contribution in [3.8, 4) is 16.9 Å². The van der Waals surface area contributed by atoms with Gasteiger partial charge in [-0.15, -0.1) is 0 Å². The molecule has 4 aromatic rings. The van der Waals surface area contributed by atoms with Gasteiger partial charge in [0.15, 0.2) is 5.69 Å². The first-order valence-corrected chi connectivity index (χ1v) is 9.01. The van der Waals surface area contributed by atoms with Crippen LogP contribution >= 0.6 is 0 Å². The summed E-state index contributed by atoms with van der Waals surface area (Å²) in [6, 6.07) is 17.6. The number of methoxy groups -OCH3 is 1. The van der Waals surface area contributed by atoms with Gasteiger partial charge in [0.05, 0.1) is 12.7 Å². The summed E-state index contributed by atoms with van der Waals surface area (Å²) in [7, 11) is 1.47. The maximum absolute atomic E-state index is 14.6. The van der Waals surface area contributed by atoms with Crippen molar-refractivity contribution >= 4 is 17.4 Å². The number of hydrogen-bond donors (Lipinski definition) is 2. The lowest BCUT2D eigenvalue weighted by Gasteiger charge is -2.10. The van der Waals surface area contributed by atoms with Crippen LogP contribution in [0.5, 0.6) is 5.75 Å². The van der Waals surface area contributed by atoms with Crippen LogP contribution in [-0.4, -0.2) is 22.4 Å². The smallest absolute Gasteiger partial charge is 0.274 e. The Bertz CT molecular complexity index is 1190. The molecule has 7 heteroatoms. The first kappa shape index (κ1) is 18.5. The highest BCUT2D eigenvalue weighted by molar-refractivity contribution is 5.99. The summed E-state index contributed by atoms with van der Waals surface area (Å²) in [5.41, 5.74) is 8.35. The molecule has 0 radical (unpaired) electrons. The minimum absolute atomic E-state index is 0.0867. The molecule has 4 rings (SSSR count). The van der Waals surface area contributed by atoms with Crippen LogP contribution in [0.15, 0.2) is 66.9 Å². The van der Waals surface area contributed by atoms with Crippen molar-refractivity contribution in [2.45, 2.75) is 6.54 Å². The highest BCUT2D eigenvalue weighted by Gasteiger charge is 2.21. The van der Waals surface area contributed by atoms with Crippen LogP contribution in [0, 0.1) is 5.82 Å². The minimum Gasteiger partial charge on any atom is -0.496 e. The number of ether oxygens (including phenoxy) is 1. The molecule has 0 aliphatic rings. The summed E-state index contributed by atoms with van der Waals surface area (Å²) < 4.78 is 21.5. The number of halogens is 1. The van der Waals surface area contributed by atoms with Crippen molar-refractivity contribution in [2.75, 3.05) is 12.8 Å². The Morgan fingerprint density at radius 1 is 1.14 bits per heavy atom. The van der Waals surface area contributed by atoms with Crippen molar-refractivity contribution in [3.63, 3.8) is 0 Å². The van der Waals surface area contributed by atoms with E-state index in [2.05, 4.69) is 10.3 Å². The van der Waals surface area contributed by atoms with E-state index in [0.29, 0.717) is 23.5 Å². The fraction of sp³-hybridized carbons (Fsp3) is 0.0909. The Balaban J connectivity index is 1.75. The molecule has 1 amide bonds. The molecule has 2 heterocycles. The highest BCUT2D eigenvalue weighted by Crippen LogP contribution is 2.35. The topological polar surface area (TPSA) is 81.6 Å². The molecule has 29 heavy (non-hydrogen) atoms. The van der Waals surface area contributed by atoms with Crippen LogP contribution in [-0.2, 0) is 6.54 Å². The van der Waals surface area contributed by atoms with Gasteiger partial charge in [-0.2, -0.15) is 0 Å². The van der Waals surface area contributed by atoms with E-state index < -0.39 is 11.7 Å². The number of imidazole rings is 1. The lowest BCUT2D eigenvalue weighted by Crippen LogP contribution is -2.24. The molecule has 0 aliphatic carbocycles. The predicted octanol–water partition coefficient (Wildman–Crippen LogP) is 3.66. The van der Waals surface area contributed by atoms with E-state index in [1.165, 1.54) is 13.2 Å². The van der Waals surface area contributed by atoms with Crippen molar-refractivity contribution < 1.29 is 13.9 Å². The van der Waals surface area contributed by atoms with Gasteiger partial charge in [-0.3, -0.25) is 9.20 Å². The number of anilines is 1. The van der Waals surface area contributed by atoms with E-state index in [0.717, 1.165) is 5.56 Å². The van der Waals surface area contributed by atoms with Crippen molar-refractivity contribution in [1.29, 1.82) is 0 Å². The lowest BCUT2D eigenvalue weighted by molar-refractivity contribution is 0.0947. The molecular weight excluding hydrogens is 371 g/mol. The Morgan fingerprint density at radius 3 is 2.69 bits per heavy atom. The fourth-order valence-corrected chi connectivity index (χ4v) is 3.25. The van der Waals surface area contributed by atoms with Gasteiger partial charge in [-0.05, 0) is 29.8 Å². The Labute approximate surface area is 166 Å². The number of hydrogen-bond acceptors (Lipinski definition) is 4. The number of aromatic nitrogens is 2. The largest absolute Gasteiger partial charge is 0.496 e. The maximum Gasteiger partial charge on any atom is 0.274 e. The molecule has 0 bridgehead atoms. The van der Waals surface area contributed by atoms with Crippen LogP contribution < -0.4 is 15.8 Å². The number of rotatable bonds is 5. The Hall–Kier alpha value is -3.87. The van der Waals surface area contributed by atoms with Crippen LogP contribution in [0.3, 0.4) is 0 Å². The van der Waals surface area contributed by atoms with Crippen LogP contribution in [0.1, 0.15) is 16.1 Å². The standard InChI is InChI=1S/C22H19FN4O2/c1-29-17-11-5-10-16(23)18(17)15-9-6-12-27-20(24)19(26-21(15)27)22(28)25-13-14-7-3-2-4-8-14/h2-12H,13,24H2,1H3,(H,25,28). The van der Waals surface area contributed by atoms with Crippen molar-refractivity contribution in [1.82, 2.24) is 14.7 Å². The average molecular weight is 390 g/mol. The second-order valence-corrected chi connectivity index (χ2v) is 6.45. The molecule has 0 unspecified atom stereocenters. The Kier molecular flexibility index (Phi) is 4.87. The van der Waals surface area contributed by atoms with E-state index in [1.54, 1.807) is 34.9 Å². The summed E-state index contributed by atoms with van der Waals surface area (Å²) in [6.45, 7) is 0.348. The molecule has 0 spiro atoms. The number of nitrogens with two attached hydrogens (primary N) is 1. The summed E-state index contributed by atoms with van der Waals surface area (Å²) >= 11 is 0. The monoisotopic (exact) mass is 390 g/mol. The second kappa shape index (κ2) is 7.63. The third-order valence-electron chi connectivity index (χ3n) is 4.66. The molecule has 2 aromatic heterocycles. The number of nitrogen functional groups attached to an aromatic ring is 1. The summed E-state index contributed by atoms with van der Waals surface area (Å²) in [6.07, 6.45) is 1.68. The molecule has 0 saturated heterocycles. The molecule has 0 aliphatic heterocycles. The number of fused-ring (bicyclic) bond motifs is 1. The van der Waals surface area contributed by atoms with Gasteiger partial charge in [0, 0.05) is 18.3 Å². The second-order valence-electron chi connectivity index (χ2n) is 6.45. The summed E-state index contributed by atoms with van der Waals surface area (Å²) in [5, 5.41) is 2.82. The van der Waals surface area contributed by atoms with Crippen molar-refractivity contribution in [3.05, 3.63) is 83.9 Å². The lowest BCUT2D eigenvalue weighted by atomic mass is 10.1. The van der Waals surface area contributed by atoms with E-state index in [4.69, 9.17) is 10.5 Å². The number of carbonyl (C=O) groups excluding carboxylic acids is 1. The molecule has 0 fully saturated rings. The van der Waals surface area contributed by atoms with Gasteiger partial charge in [0.2, 0.25) is 0 Å². The van der Waals surface area contributed by atoms with E-state index in [-0.39, 0.29) is 17.1 Å². The third kappa shape index (κ3) is 3.38. The summed E-state index contributed by atoms with van der Waals surface area (Å²) in [4.78, 5) is 17.1. The molecule has 0 saturated carbocycles. The van der Waals surface area contributed by atoms with Gasteiger partial charge < -0.3 is 15.8 Å². The zero-order valence-corrected chi connectivity index (χ0v) is 15.7. The summed E-state index contributed by atoms with van der Waals surface area (Å²) in [5.74, 6) is -0.298. The molecule has 6 nitrogen and oxygen atoms in total. The van der Waals surface area contributed by atoms with Crippen LogP contribution in [0.2, 0.25) is 0 Å². The van der Waals surface area contributed by atoms with E-state index in [1.807, 2.05) is 30.3 Å². The zero-order chi connectivity index (χ0) is 20.4. The predicted molar refractivity (Wildman–Crippen MR) is 109 cm³/mol. The van der Waals surface area contributed by atoms with Gasteiger partial charge in [-0.1, -0.05) is 36.4 Å². The van der Waals surface area contributed by atoms with Crippen molar-refractivity contribution in [2.24, 2.45) is 0 Å². The number of amides is 1. The first-order chi connectivity index (χ1) is 14.1. The molecular formula is C22H19FN4O2. The van der Waals surface area contributed by atoms with Crippen LogP contribution in [0.4, 0.5) is 10.2 Å². The van der Waals surface area contributed by atoms with Gasteiger partial charge in [0.25, 0.3) is 5.91 Å². The van der Waals surface area contributed by atoms with E-state index >= 15 is 0 Å².